The maximum Gasteiger partial charge on any atom is 0.427 e. The Morgan fingerprint density at radius 2 is 1.76 bits per heavy atom. The van der Waals surface area contributed by atoms with Crippen molar-refractivity contribution in [3.05, 3.63) is 48.3 Å². The van der Waals surface area contributed by atoms with E-state index in [2.05, 4.69) is 15.4 Å². The first-order valence-corrected chi connectivity index (χ1v) is 13.0. The molecule has 2 N–H and O–H groups in total. The molecule has 0 radical (unpaired) electrons. The molecular formula is C24H25F4N3O6S. The highest BCUT2D eigenvalue weighted by Crippen LogP contribution is 2.39. The molecule has 2 aromatic carbocycles. The molecule has 0 spiro atoms. The first kappa shape index (κ1) is 27.5. The topological polar surface area (TPSA) is 114 Å². The summed E-state index contributed by atoms with van der Waals surface area (Å²) in [5.41, 5.74) is -2.85. The van der Waals surface area contributed by atoms with E-state index in [4.69, 9.17) is 4.74 Å². The lowest BCUT2D eigenvalue weighted by Crippen LogP contribution is -2.48. The normalized spacial score (nSPS) is 17.7. The SMILES string of the molecule is CC(C)(OC(=O)Nc1ccc2c(c1)N(S(=O)(=O)c1ccc(F)cc1)CC(CNC(=O)C1CC1)O2)C(F)(F)F. The molecule has 1 unspecified atom stereocenters. The van der Waals surface area contributed by atoms with Crippen LogP contribution in [-0.2, 0) is 19.6 Å². The van der Waals surface area contributed by atoms with Gasteiger partial charge in [0.1, 0.15) is 17.7 Å². The maximum absolute atomic E-state index is 13.5. The van der Waals surface area contributed by atoms with Gasteiger partial charge in [0.2, 0.25) is 11.5 Å². The summed E-state index contributed by atoms with van der Waals surface area (Å²) in [5, 5.41) is 4.90. The number of ether oxygens (including phenoxy) is 2. The Kier molecular flexibility index (Phi) is 7.21. The Morgan fingerprint density at radius 1 is 1.11 bits per heavy atom. The van der Waals surface area contributed by atoms with Crippen LogP contribution >= 0.6 is 0 Å². The molecule has 4 rings (SSSR count). The lowest BCUT2D eigenvalue weighted by molar-refractivity contribution is -0.242. The van der Waals surface area contributed by atoms with Crippen molar-refractivity contribution in [2.75, 3.05) is 22.7 Å². The maximum atomic E-state index is 13.5. The van der Waals surface area contributed by atoms with Crippen molar-refractivity contribution < 1.29 is 45.0 Å². The Morgan fingerprint density at radius 3 is 2.37 bits per heavy atom. The van der Waals surface area contributed by atoms with Crippen LogP contribution < -0.4 is 19.7 Å². The zero-order valence-electron chi connectivity index (χ0n) is 20.3. The molecule has 1 aliphatic heterocycles. The molecule has 0 saturated heterocycles. The molecule has 1 atom stereocenters. The quantitative estimate of drug-likeness (QED) is 0.492. The molecule has 2 aromatic rings. The van der Waals surface area contributed by atoms with Gasteiger partial charge in [-0.15, -0.1) is 0 Å². The summed E-state index contributed by atoms with van der Waals surface area (Å²) in [4.78, 5) is 24.0. The summed E-state index contributed by atoms with van der Waals surface area (Å²) in [7, 11) is -4.28. The standard InChI is InChI=1S/C24H25F4N3O6S/c1-23(2,24(26,27)28)37-22(33)30-16-7-10-20-19(11-16)31(38(34,35)18-8-5-15(25)6-9-18)13-17(36-20)12-29-21(32)14-3-4-14/h5-11,14,17H,3-4,12-13H2,1-2H3,(H,29,32)(H,30,33). The van der Waals surface area contributed by atoms with Crippen molar-refractivity contribution in [3.63, 3.8) is 0 Å². The van der Waals surface area contributed by atoms with Crippen molar-refractivity contribution in [1.82, 2.24) is 5.32 Å². The van der Waals surface area contributed by atoms with Crippen LogP contribution in [0, 0.1) is 11.7 Å². The number of rotatable bonds is 7. The van der Waals surface area contributed by atoms with Crippen molar-refractivity contribution >= 4 is 33.4 Å². The zero-order chi connectivity index (χ0) is 27.9. The van der Waals surface area contributed by atoms with Crippen LogP contribution in [0.2, 0.25) is 0 Å². The van der Waals surface area contributed by atoms with Crippen molar-refractivity contribution in [1.29, 1.82) is 0 Å². The molecule has 0 bridgehead atoms. The van der Waals surface area contributed by atoms with E-state index in [1.807, 2.05) is 0 Å². The first-order chi connectivity index (χ1) is 17.7. The molecule has 38 heavy (non-hydrogen) atoms. The van der Waals surface area contributed by atoms with Crippen LogP contribution in [0.3, 0.4) is 0 Å². The number of halogens is 4. The van der Waals surface area contributed by atoms with Crippen LogP contribution in [0.1, 0.15) is 26.7 Å². The van der Waals surface area contributed by atoms with Gasteiger partial charge in [-0.1, -0.05) is 0 Å². The van der Waals surface area contributed by atoms with Crippen LogP contribution in [0.5, 0.6) is 5.75 Å². The fourth-order valence-corrected chi connectivity index (χ4v) is 5.09. The van der Waals surface area contributed by atoms with E-state index in [0.29, 0.717) is 13.8 Å². The fraction of sp³-hybridized carbons (Fsp3) is 0.417. The van der Waals surface area contributed by atoms with Crippen LogP contribution in [0.25, 0.3) is 0 Å². The second-order valence-corrected chi connectivity index (χ2v) is 11.3. The predicted octanol–water partition coefficient (Wildman–Crippen LogP) is 4.20. The zero-order valence-corrected chi connectivity index (χ0v) is 21.2. The number of hydrogen-bond acceptors (Lipinski definition) is 6. The number of nitrogens with zero attached hydrogens (tertiary/aromatic N) is 1. The van der Waals surface area contributed by atoms with E-state index in [-0.39, 0.29) is 46.9 Å². The van der Waals surface area contributed by atoms with Crippen LogP contribution in [-0.4, -0.2) is 51.4 Å². The van der Waals surface area contributed by atoms with E-state index in [9.17, 15) is 35.6 Å². The number of fused-ring (bicyclic) bond motifs is 1. The van der Waals surface area contributed by atoms with Gasteiger partial charge in [0.25, 0.3) is 10.0 Å². The summed E-state index contributed by atoms with van der Waals surface area (Å²) in [6, 6.07) is 7.98. The third-order valence-electron chi connectivity index (χ3n) is 6.02. The largest absolute Gasteiger partial charge is 0.484 e. The fourth-order valence-electron chi connectivity index (χ4n) is 3.59. The molecule has 1 saturated carbocycles. The van der Waals surface area contributed by atoms with E-state index in [1.165, 1.54) is 18.2 Å². The summed E-state index contributed by atoms with van der Waals surface area (Å²) in [5.74, 6) is -0.784. The molecule has 1 aliphatic carbocycles. The molecule has 2 aliphatic rings. The minimum atomic E-state index is -4.82. The molecule has 14 heteroatoms. The number of benzene rings is 2. The molecule has 2 amide bonds. The highest BCUT2D eigenvalue weighted by molar-refractivity contribution is 7.92. The van der Waals surface area contributed by atoms with Gasteiger partial charge in [0.15, 0.2) is 0 Å². The number of anilines is 2. The highest BCUT2D eigenvalue weighted by Gasteiger charge is 2.51. The molecule has 1 heterocycles. The second kappa shape index (κ2) is 9.97. The number of carbonyl (C=O) groups is 2. The number of amides is 2. The Labute approximate surface area is 216 Å². The Balaban J connectivity index is 1.61. The average Bonchev–Trinajstić information content (AvgIpc) is 3.67. The van der Waals surface area contributed by atoms with Crippen molar-refractivity contribution in [2.45, 2.75) is 49.5 Å². The summed E-state index contributed by atoms with van der Waals surface area (Å²) < 4.78 is 91.1. The minimum absolute atomic E-state index is 0.0169. The van der Waals surface area contributed by atoms with Gasteiger partial charge in [0.05, 0.1) is 23.7 Å². The molecular weight excluding hydrogens is 534 g/mol. The highest BCUT2D eigenvalue weighted by atomic mass is 32.2. The molecule has 1 fully saturated rings. The number of sulfonamides is 1. The van der Waals surface area contributed by atoms with Gasteiger partial charge in [-0.2, -0.15) is 13.2 Å². The summed E-state index contributed by atoms with van der Waals surface area (Å²) in [6.07, 6.45) is -5.44. The third kappa shape index (κ3) is 5.95. The van der Waals surface area contributed by atoms with Crippen molar-refractivity contribution in [2.24, 2.45) is 5.92 Å². The lowest BCUT2D eigenvalue weighted by Gasteiger charge is -2.36. The van der Waals surface area contributed by atoms with Gasteiger partial charge >= 0.3 is 12.3 Å². The number of hydrogen-bond donors (Lipinski definition) is 2. The van der Waals surface area contributed by atoms with Gasteiger partial charge in [-0.3, -0.25) is 14.4 Å². The number of nitrogens with one attached hydrogen (secondary N) is 2. The second-order valence-electron chi connectivity index (χ2n) is 9.45. The molecule has 9 nitrogen and oxygen atoms in total. The average molecular weight is 560 g/mol. The Bertz CT molecular complexity index is 1330. The number of carbonyl (C=O) groups excluding carboxylic acids is 2. The smallest absolute Gasteiger partial charge is 0.427 e. The van der Waals surface area contributed by atoms with E-state index in [0.717, 1.165) is 41.4 Å². The third-order valence-corrected chi connectivity index (χ3v) is 7.82. The van der Waals surface area contributed by atoms with Gasteiger partial charge in [-0.25, -0.2) is 17.6 Å². The van der Waals surface area contributed by atoms with Crippen LogP contribution in [0.4, 0.5) is 33.7 Å². The van der Waals surface area contributed by atoms with E-state index >= 15 is 0 Å². The molecule has 206 valence electrons. The van der Waals surface area contributed by atoms with E-state index in [1.54, 1.807) is 0 Å². The van der Waals surface area contributed by atoms with Gasteiger partial charge in [0, 0.05) is 11.6 Å². The predicted molar refractivity (Wildman–Crippen MR) is 128 cm³/mol. The first-order valence-electron chi connectivity index (χ1n) is 11.6. The summed E-state index contributed by atoms with van der Waals surface area (Å²) in [6.45, 7) is 1.15. The number of alkyl halides is 3. The Hall–Kier alpha value is -3.55. The van der Waals surface area contributed by atoms with Gasteiger partial charge in [-0.05, 0) is 69.2 Å². The summed E-state index contributed by atoms with van der Waals surface area (Å²) >= 11 is 0. The lowest BCUT2D eigenvalue weighted by atomic mass is 10.1. The molecule has 0 aromatic heterocycles. The van der Waals surface area contributed by atoms with Crippen molar-refractivity contribution in [3.8, 4) is 5.75 Å². The monoisotopic (exact) mass is 559 g/mol. The van der Waals surface area contributed by atoms with Crippen LogP contribution in [0.15, 0.2) is 47.4 Å². The van der Waals surface area contributed by atoms with E-state index < -0.39 is 39.8 Å². The van der Waals surface area contributed by atoms with Gasteiger partial charge < -0.3 is 14.8 Å². The minimum Gasteiger partial charge on any atom is -0.484 e.